The third-order valence-corrected chi connectivity index (χ3v) is 9.62. The maximum Gasteiger partial charge on any atom is 0.154 e. The van der Waals surface area contributed by atoms with E-state index in [1.54, 1.807) is 0 Å². The number of benzene rings is 6. The van der Waals surface area contributed by atoms with E-state index in [2.05, 4.69) is 117 Å². The Morgan fingerprint density at radius 1 is 0.633 bits per heavy atom. The van der Waals surface area contributed by atoms with E-state index in [4.69, 9.17) is 19.1 Å². The lowest BCUT2D eigenvalue weighted by molar-refractivity contribution is 0.483. The van der Waals surface area contributed by atoms with Crippen LogP contribution in [0.2, 0.25) is 0 Å². The van der Waals surface area contributed by atoms with Gasteiger partial charge in [-0.25, -0.2) is 4.98 Å². The monoisotopic (exact) mass is 637 g/mol. The normalized spacial score (nSPS) is 12.0. The molecular formula is C44H35N3O2. The fourth-order valence-electron chi connectivity index (χ4n) is 7.29. The van der Waals surface area contributed by atoms with Gasteiger partial charge in [0, 0.05) is 27.1 Å². The fourth-order valence-corrected chi connectivity index (χ4v) is 7.29. The highest BCUT2D eigenvalue weighted by molar-refractivity contribution is 6.22. The highest BCUT2D eigenvalue weighted by atomic mass is 16.5. The van der Waals surface area contributed by atoms with Crippen LogP contribution in [0.1, 0.15) is 50.7 Å². The summed E-state index contributed by atoms with van der Waals surface area (Å²) in [6.45, 7) is 9.05. The molecule has 0 radical (unpaired) electrons. The molecule has 0 bridgehead atoms. The van der Waals surface area contributed by atoms with Crippen molar-refractivity contribution >= 4 is 54.6 Å². The van der Waals surface area contributed by atoms with Crippen molar-refractivity contribution in [1.82, 2.24) is 14.5 Å². The Hall–Kier alpha value is -5.94. The highest BCUT2D eigenvalue weighted by Gasteiger charge is 2.22. The first-order valence-electron chi connectivity index (χ1n) is 17.0. The van der Waals surface area contributed by atoms with Crippen LogP contribution in [0.25, 0.3) is 71.7 Å². The molecular weight excluding hydrogens is 603 g/mol. The molecule has 0 saturated heterocycles. The molecule has 5 nitrogen and oxygen atoms in total. The molecule has 9 aromatic rings. The second kappa shape index (κ2) is 11.3. The zero-order valence-electron chi connectivity index (χ0n) is 27.9. The molecule has 0 aliphatic carbocycles. The molecule has 49 heavy (non-hydrogen) atoms. The average molecular weight is 638 g/mol. The van der Waals surface area contributed by atoms with Crippen molar-refractivity contribution < 1.29 is 9.15 Å². The van der Waals surface area contributed by atoms with Crippen molar-refractivity contribution in [3.8, 4) is 28.6 Å². The number of ether oxygens (including phenoxy) is 1. The molecule has 5 heteroatoms. The summed E-state index contributed by atoms with van der Waals surface area (Å²) >= 11 is 0. The first kappa shape index (κ1) is 29.2. The minimum absolute atomic E-state index is 0.346. The number of imidazole rings is 1. The van der Waals surface area contributed by atoms with Crippen molar-refractivity contribution in [1.29, 1.82) is 0 Å². The standard InChI is InChI=1S/C44H35N3O2/c1-26(2)32-14-10-15-33(27(3)4)43(32)47-38-17-7-6-16-37(38)46-44(47)29-11-9-12-30(23-29)48-31-21-19-28-20-22-35-41-34-13-5-8-18-39(34)49-40(41)25-45-42(35)36(28)24-31/h5-27H,1-4H3. The predicted molar refractivity (Wildman–Crippen MR) is 201 cm³/mol. The molecule has 0 aliphatic heterocycles. The van der Waals surface area contributed by atoms with Gasteiger partial charge >= 0.3 is 0 Å². The second-order valence-electron chi connectivity index (χ2n) is 13.4. The third kappa shape index (κ3) is 4.76. The number of fused-ring (bicyclic) bond motifs is 8. The topological polar surface area (TPSA) is 53.1 Å². The minimum atomic E-state index is 0.346. The number of hydrogen-bond acceptors (Lipinski definition) is 4. The van der Waals surface area contributed by atoms with Crippen LogP contribution in [-0.2, 0) is 0 Å². The first-order chi connectivity index (χ1) is 23.9. The summed E-state index contributed by atoms with van der Waals surface area (Å²) in [5.74, 6) is 3.08. The van der Waals surface area contributed by atoms with Gasteiger partial charge in [-0.2, -0.15) is 0 Å². The van der Waals surface area contributed by atoms with Gasteiger partial charge in [0.2, 0.25) is 0 Å². The Balaban J connectivity index is 1.17. The van der Waals surface area contributed by atoms with Crippen molar-refractivity contribution in [2.75, 3.05) is 0 Å². The van der Waals surface area contributed by atoms with Crippen LogP contribution in [-0.4, -0.2) is 14.5 Å². The summed E-state index contributed by atoms with van der Waals surface area (Å²) in [7, 11) is 0. The van der Waals surface area contributed by atoms with Crippen LogP contribution in [0.15, 0.2) is 132 Å². The van der Waals surface area contributed by atoms with Crippen LogP contribution < -0.4 is 4.74 Å². The van der Waals surface area contributed by atoms with Crippen LogP contribution in [0.3, 0.4) is 0 Å². The Labute approximate surface area is 284 Å². The summed E-state index contributed by atoms with van der Waals surface area (Å²) in [4.78, 5) is 10.1. The Morgan fingerprint density at radius 3 is 2.20 bits per heavy atom. The van der Waals surface area contributed by atoms with Crippen LogP contribution >= 0.6 is 0 Å². The van der Waals surface area contributed by atoms with Crippen molar-refractivity contribution in [2.24, 2.45) is 0 Å². The number of aromatic nitrogens is 3. The molecule has 9 rings (SSSR count). The van der Waals surface area contributed by atoms with E-state index in [0.29, 0.717) is 11.8 Å². The Morgan fingerprint density at radius 2 is 1.37 bits per heavy atom. The lowest BCUT2D eigenvalue weighted by atomic mass is 9.92. The van der Waals surface area contributed by atoms with Gasteiger partial charge in [-0.05, 0) is 70.8 Å². The van der Waals surface area contributed by atoms with E-state index in [1.807, 2.05) is 42.6 Å². The summed E-state index contributed by atoms with van der Waals surface area (Å²) in [5, 5.41) is 5.38. The average Bonchev–Trinajstić information content (AvgIpc) is 3.70. The van der Waals surface area contributed by atoms with Crippen LogP contribution in [0.5, 0.6) is 11.5 Å². The lowest BCUT2D eigenvalue weighted by Gasteiger charge is -2.22. The zero-order chi connectivity index (χ0) is 33.2. The largest absolute Gasteiger partial charge is 0.457 e. The van der Waals surface area contributed by atoms with E-state index in [0.717, 1.165) is 77.5 Å². The van der Waals surface area contributed by atoms with Crippen molar-refractivity contribution in [3.63, 3.8) is 0 Å². The van der Waals surface area contributed by atoms with Gasteiger partial charge in [0.05, 0.1) is 28.4 Å². The number of pyridine rings is 1. The molecule has 3 heterocycles. The Bertz CT molecular complexity index is 2690. The maximum absolute atomic E-state index is 6.60. The van der Waals surface area contributed by atoms with Crippen LogP contribution in [0, 0.1) is 0 Å². The second-order valence-corrected chi connectivity index (χ2v) is 13.4. The van der Waals surface area contributed by atoms with Gasteiger partial charge in [-0.1, -0.05) is 107 Å². The van der Waals surface area contributed by atoms with Crippen molar-refractivity contribution in [2.45, 2.75) is 39.5 Å². The quantitative estimate of drug-likeness (QED) is 0.170. The minimum Gasteiger partial charge on any atom is -0.457 e. The van der Waals surface area contributed by atoms with Crippen molar-refractivity contribution in [3.05, 3.63) is 139 Å². The van der Waals surface area contributed by atoms with E-state index in [1.165, 1.54) is 16.8 Å². The molecule has 238 valence electrons. The van der Waals surface area contributed by atoms with Gasteiger partial charge in [0.25, 0.3) is 0 Å². The van der Waals surface area contributed by atoms with Gasteiger partial charge in [0.15, 0.2) is 5.58 Å². The van der Waals surface area contributed by atoms with E-state index in [9.17, 15) is 0 Å². The van der Waals surface area contributed by atoms with E-state index < -0.39 is 0 Å². The molecule has 0 aliphatic rings. The lowest BCUT2D eigenvalue weighted by Crippen LogP contribution is -2.08. The fraction of sp³-hybridized carbons (Fsp3) is 0.136. The first-order valence-corrected chi connectivity index (χ1v) is 17.0. The Kier molecular flexibility index (Phi) is 6.76. The van der Waals surface area contributed by atoms with E-state index in [-0.39, 0.29) is 0 Å². The predicted octanol–water partition coefficient (Wildman–Crippen LogP) is 12.3. The number of furan rings is 1. The number of rotatable bonds is 6. The molecule has 6 aromatic carbocycles. The maximum atomic E-state index is 6.60. The summed E-state index contributed by atoms with van der Waals surface area (Å²) < 4.78 is 15.1. The molecule has 0 atom stereocenters. The molecule has 0 spiro atoms. The summed E-state index contributed by atoms with van der Waals surface area (Å²) in [6.07, 6.45) is 1.84. The van der Waals surface area contributed by atoms with Gasteiger partial charge in [-0.15, -0.1) is 0 Å². The molecule has 0 fully saturated rings. The van der Waals surface area contributed by atoms with Crippen LogP contribution in [0.4, 0.5) is 0 Å². The SMILES string of the molecule is CC(C)c1cccc(C(C)C)c1-n1c(-c2cccc(Oc3ccc4ccc5c(ncc6oc7ccccc7c65)c4c3)c2)nc2ccccc21. The zero-order valence-corrected chi connectivity index (χ0v) is 27.9. The molecule has 0 unspecified atom stereocenters. The smallest absolute Gasteiger partial charge is 0.154 e. The van der Waals surface area contributed by atoms with Gasteiger partial charge in [-0.3, -0.25) is 9.55 Å². The summed E-state index contributed by atoms with van der Waals surface area (Å²) in [5.41, 5.74) is 9.46. The molecule has 0 N–H and O–H groups in total. The summed E-state index contributed by atoms with van der Waals surface area (Å²) in [6, 6.07) is 42.0. The molecule has 0 amide bonds. The molecule has 0 saturated carbocycles. The molecule has 3 aromatic heterocycles. The van der Waals surface area contributed by atoms with Gasteiger partial charge in [0.1, 0.15) is 22.9 Å². The van der Waals surface area contributed by atoms with E-state index >= 15 is 0 Å². The van der Waals surface area contributed by atoms with Gasteiger partial charge < -0.3 is 9.15 Å². The number of para-hydroxylation sites is 4. The number of hydrogen-bond donors (Lipinski definition) is 0. The third-order valence-electron chi connectivity index (χ3n) is 9.62. The highest BCUT2D eigenvalue weighted by Crippen LogP contribution is 2.40. The number of nitrogens with zero attached hydrogens (tertiary/aromatic N) is 3.